The number of fused-ring (bicyclic) bond motifs is 1. The molecule has 19 nitrogen and oxygen atoms in total. The summed E-state index contributed by atoms with van der Waals surface area (Å²) in [6, 6.07) is 6.56. The van der Waals surface area contributed by atoms with E-state index in [9.17, 15) is 48.6 Å². The van der Waals surface area contributed by atoms with E-state index in [-0.39, 0.29) is 17.1 Å². The van der Waals surface area contributed by atoms with Gasteiger partial charge in [-0.15, -0.1) is 0 Å². The van der Waals surface area contributed by atoms with E-state index >= 15 is 0 Å². The number of nitrogens with zero attached hydrogens (tertiary/aromatic N) is 1. The van der Waals surface area contributed by atoms with Crippen molar-refractivity contribution in [3.63, 3.8) is 0 Å². The quantitative estimate of drug-likeness (QED) is 0.0779. The number of carboxylic acids is 4. The normalized spacial score (nSPS) is 12.6. The highest BCUT2D eigenvalue weighted by Gasteiger charge is 2.26. The SMILES string of the molecule is Nc1nc2ccc(NCc3ccc(C(=O)NC(CCC(=O)NC(CCC(=O)NC(CCC(=O)O)C(=O)O)C(=O)O)C(=O)O)cc3)cc2c(=O)[nH]1. The van der Waals surface area contributed by atoms with E-state index in [1.807, 2.05) is 0 Å². The largest absolute Gasteiger partial charge is 0.481 e. The Morgan fingerprint density at radius 2 is 1.24 bits per heavy atom. The summed E-state index contributed by atoms with van der Waals surface area (Å²) >= 11 is 0. The monoisotopic (exact) mass is 697 g/mol. The lowest BCUT2D eigenvalue weighted by molar-refractivity contribution is -0.144. The minimum atomic E-state index is -1.58. The number of nitrogens with one attached hydrogen (secondary N) is 5. The fourth-order valence-corrected chi connectivity index (χ4v) is 4.61. The Morgan fingerprint density at radius 3 is 1.76 bits per heavy atom. The number of hydrogen-bond acceptors (Lipinski definition) is 11. The molecule has 0 bridgehead atoms. The summed E-state index contributed by atoms with van der Waals surface area (Å²) in [6.45, 7) is 0.318. The number of nitrogen functional groups attached to an aromatic ring is 1. The third kappa shape index (κ3) is 11.6. The van der Waals surface area contributed by atoms with Gasteiger partial charge in [0.2, 0.25) is 17.8 Å². The first-order chi connectivity index (χ1) is 23.6. The first-order valence-corrected chi connectivity index (χ1v) is 15.0. The van der Waals surface area contributed by atoms with Gasteiger partial charge in [-0.1, -0.05) is 12.1 Å². The van der Waals surface area contributed by atoms with Crippen molar-refractivity contribution in [3.8, 4) is 0 Å². The number of nitrogens with two attached hydrogens (primary N) is 1. The number of rotatable bonds is 19. The standard InChI is InChI=1S/C31H35N7O12/c32-31-37-19-6-5-17(13-18(19)27(44)38-31)33-14-15-1-3-16(4-2-15)26(43)36-22(30(49)50)8-11-24(40)34-20(28(45)46)7-10-23(39)35-21(29(47)48)9-12-25(41)42/h1-6,13,20-22,33H,7-12,14H2,(H,34,40)(H,35,39)(H,36,43)(H,41,42)(H,45,46)(H,47,48)(H,49,50)(H3,32,37,38,44). The van der Waals surface area contributed by atoms with Crippen molar-refractivity contribution in [1.82, 2.24) is 25.9 Å². The number of anilines is 2. The van der Waals surface area contributed by atoms with E-state index in [4.69, 9.17) is 15.9 Å². The molecule has 0 spiro atoms. The van der Waals surface area contributed by atoms with E-state index in [1.165, 1.54) is 12.1 Å². The van der Waals surface area contributed by atoms with Crippen LogP contribution in [-0.2, 0) is 35.3 Å². The fourth-order valence-electron chi connectivity index (χ4n) is 4.61. The van der Waals surface area contributed by atoms with Crippen LogP contribution in [0.15, 0.2) is 47.3 Å². The maximum absolute atomic E-state index is 12.8. The van der Waals surface area contributed by atoms with Crippen LogP contribution in [0.4, 0.5) is 11.6 Å². The summed E-state index contributed by atoms with van der Waals surface area (Å²) in [4.78, 5) is 101. The number of aliphatic carboxylic acids is 4. The van der Waals surface area contributed by atoms with E-state index in [0.717, 1.165) is 5.56 Å². The Morgan fingerprint density at radius 1 is 0.720 bits per heavy atom. The van der Waals surface area contributed by atoms with Gasteiger partial charge in [0.15, 0.2) is 0 Å². The third-order valence-corrected chi connectivity index (χ3v) is 7.27. The first kappa shape index (κ1) is 37.9. The van der Waals surface area contributed by atoms with Crippen LogP contribution in [-0.4, -0.2) is 90.1 Å². The molecule has 3 aromatic rings. The van der Waals surface area contributed by atoms with Crippen LogP contribution in [0.5, 0.6) is 0 Å². The number of carbonyl (C=O) groups excluding carboxylic acids is 3. The Labute approximate surface area is 282 Å². The molecule has 0 saturated heterocycles. The van der Waals surface area contributed by atoms with E-state index < -0.39 is 98.2 Å². The summed E-state index contributed by atoms with van der Waals surface area (Å²) in [7, 11) is 0. The number of H-pyrrole nitrogens is 1. The van der Waals surface area contributed by atoms with Gasteiger partial charge in [0.05, 0.1) is 10.9 Å². The van der Waals surface area contributed by atoms with E-state index in [0.29, 0.717) is 23.1 Å². The Bertz CT molecular complexity index is 1830. The van der Waals surface area contributed by atoms with Crippen LogP contribution >= 0.6 is 0 Å². The molecule has 1 aromatic heterocycles. The van der Waals surface area contributed by atoms with Gasteiger partial charge in [-0.05, 0) is 55.2 Å². The molecule has 3 amide bonds. The van der Waals surface area contributed by atoms with Crippen molar-refractivity contribution in [2.75, 3.05) is 11.1 Å². The maximum Gasteiger partial charge on any atom is 0.326 e. The molecule has 266 valence electrons. The number of carbonyl (C=O) groups is 7. The summed E-state index contributed by atoms with van der Waals surface area (Å²) in [5, 5.41) is 47.0. The molecule has 3 unspecified atom stereocenters. The van der Waals surface area contributed by atoms with Crippen molar-refractivity contribution < 1.29 is 54.0 Å². The second kappa shape index (κ2) is 17.6. The van der Waals surface area contributed by atoms with Crippen LogP contribution in [0.25, 0.3) is 10.9 Å². The molecule has 0 aliphatic rings. The van der Waals surface area contributed by atoms with Gasteiger partial charge in [-0.2, -0.15) is 0 Å². The molecule has 3 atom stereocenters. The Balaban J connectivity index is 1.49. The van der Waals surface area contributed by atoms with Crippen LogP contribution in [0.2, 0.25) is 0 Å². The smallest absolute Gasteiger partial charge is 0.326 e. The average molecular weight is 698 g/mol. The molecule has 11 N–H and O–H groups in total. The predicted molar refractivity (Wildman–Crippen MR) is 174 cm³/mol. The van der Waals surface area contributed by atoms with Crippen molar-refractivity contribution in [1.29, 1.82) is 0 Å². The molecule has 2 aromatic carbocycles. The molecule has 0 aliphatic carbocycles. The van der Waals surface area contributed by atoms with Gasteiger partial charge in [0, 0.05) is 37.1 Å². The summed E-state index contributed by atoms with van der Waals surface area (Å²) in [5.41, 5.74) is 7.11. The lowest BCUT2D eigenvalue weighted by Crippen LogP contribution is -2.45. The zero-order valence-electron chi connectivity index (χ0n) is 26.3. The zero-order valence-corrected chi connectivity index (χ0v) is 26.3. The van der Waals surface area contributed by atoms with E-state index in [1.54, 1.807) is 30.3 Å². The molecule has 0 fully saturated rings. The number of amides is 3. The van der Waals surface area contributed by atoms with Crippen LogP contribution < -0.4 is 32.6 Å². The zero-order chi connectivity index (χ0) is 37.0. The maximum atomic E-state index is 12.8. The molecular weight excluding hydrogens is 662 g/mol. The van der Waals surface area contributed by atoms with Gasteiger partial charge >= 0.3 is 23.9 Å². The van der Waals surface area contributed by atoms with Crippen molar-refractivity contribution in [2.24, 2.45) is 0 Å². The van der Waals surface area contributed by atoms with E-state index in [2.05, 4.69) is 31.2 Å². The number of benzene rings is 2. The lowest BCUT2D eigenvalue weighted by atomic mass is 10.1. The van der Waals surface area contributed by atoms with Crippen LogP contribution in [0, 0.1) is 0 Å². The average Bonchev–Trinajstić information content (AvgIpc) is 3.05. The lowest BCUT2D eigenvalue weighted by Gasteiger charge is -2.18. The minimum absolute atomic E-state index is 0.00210. The van der Waals surface area contributed by atoms with Crippen molar-refractivity contribution in [2.45, 2.75) is 63.2 Å². The van der Waals surface area contributed by atoms with Gasteiger partial charge in [0.1, 0.15) is 18.1 Å². The molecule has 0 aliphatic heterocycles. The number of aromatic amines is 1. The minimum Gasteiger partial charge on any atom is -0.481 e. The van der Waals surface area contributed by atoms with Crippen LogP contribution in [0.3, 0.4) is 0 Å². The number of carboxylic acid groups (broad SMARTS) is 4. The van der Waals surface area contributed by atoms with Crippen molar-refractivity contribution in [3.05, 3.63) is 63.9 Å². The van der Waals surface area contributed by atoms with Crippen molar-refractivity contribution >= 4 is 64.1 Å². The fraction of sp³-hybridized carbons (Fsp3) is 0.323. The second-order valence-corrected chi connectivity index (χ2v) is 11.0. The van der Waals surface area contributed by atoms with Crippen LogP contribution in [0.1, 0.15) is 54.4 Å². The highest BCUT2D eigenvalue weighted by molar-refractivity contribution is 5.96. The molecule has 3 rings (SSSR count). The van der Waals surface area contributed by atoms with Gasteiger partial charge in [-0.3, -0.25) is 29.0 Å². The summed E-state index contributed by atoms with van der Waals surface area (Å²) in [6.07, 6.45) is -2.79. The topological polar surface area (TPSA) is 320 Å². The van der Waals surface area contributed by atoms with Gasteiger partial charge in [0.25, 0.3) is 11.5 Å². The molecule has 50 heavy (non-hydrogen) atoms. The molecule has 1 heterocycles. The third-order valence-electron chi connectivity index (χ3n) is 7.27. The number of aromatic nitrogens is 2. The Kier molecular flexibility index (Phi) is 13.3. The van der Waals surface area contributed by atoms with Gasteiger partial charge < -0.3 is 47.4 Å². The number of hydrogen-bond donors (Lipinski definition) is 10. The highest BCUT2D eigenvalue weighted by atomic mass is 16.4. The predicted octanol–water partition coefficient (Wildman–Crippen LogP) is -0.136. The Hall–Kier alpha value is -6.53. The van der Waals surface area contributed by atoms with Gasteiger partial charge in [-0.25, -0.2) is 19.4 Å². The molecular formula is C31H35N7O12. The highest BCUT2D eigenvalue weighted by Crippen LogP contribution is 2.16. The summed E-state index contributed by atoms with van der Waals surface area (Å²) < 4.78 is 0. The molecule has 0 saturated carbocycles. The molecule has 0 radical (unpaired) electrons. The summed E-state index contributed by atoms with van der Waals surface area (Å²) in [5.74, 6) is -8.20. The first-order valence-electron chi connectivity index (χ1n) is 15.0. The molecule has 19 heteroatoms. The second-order valence-electron chi connectivity index (χ2n) is 11.0.